The number of nitrogens with zero attached hydrogens (tertiary/aromatic N) is 1. The fourth-order valence-electron chi connectivity index (χ4n) is 2.36. The quantitative estimate of drug-likeness (QED) is 0.759. The molecule has 16 heavy (non-hydrogen) atoms. The molecule has 0 aromatic heterocycles. The van der Waals surface area contributed by atoms with Crippen LogP contribution in [0.15, 0.2) is 0 Å². The van der Waals surface area contributed by atoms with Gasteiger partial charge in [0, 0.05) is 18.6 Å². The second-order valence-corrected chi connectivity index (χ2v) is 6.95. The van der Waals surface area contributed by atoms with E-state index < -0.39 is 10.0 Å². The first-order valence-electron chi connectivity index (χ1n) is 6.36. The Hall–Kier alpha value is -0.130. The zero-order chi connectivity index (χ0) is 11.6. The van der Waals surface area contributed by atoms with E-state index in [0.29, 0.717) is 30.8 Å². The van der Waals surface area contributed by atoms with E-state index in [2.05, 4.69) is 5.32 Å². The van der Waals surface area contributed by atoms with E-state index in [9.17, 15) is 8.42 Å². The molecule has 1 atom stereocenters. The highest BCUT2D eigenvalue weighted by Gasteiger charge is 2.38. The molecule has 2 aliphatic rings. The monoisotopic (exact) mass is 246 g/mol. The van der Waals surface area contributed by atoms with Crippen LogP contribution in [0.1, 0.15) is 39.0 Å². The minimum atomic E-state index is -3.00. The van der Waals surface area contributed by atoms with Crippen LogP contribution >= 0.6 is 0 Å². The van der Waals surface area contributed by atoms with Gasteiger partial charge in [0.15, 0.2) is 0 Å². The molecule has 0 radical (unpaired) electrons. The molecule has 94 valence electrons. The molecular weight excluding hydrogens is 224 g/mol. The molecule has 1 aliphatic carbocycles. The van der Waals surface area contributed by atoms with E-state index in [1.54, 1.807) is 4.31 Å². The van der Waals surface area contributed by atoms with Crippen LogP contribution in [0.3, 0.4) is 0 Å². The Morgan fingerprint density at radius 1 is 1.31 bits per heavy atom. The summed E-state index contributed by atoms with van der Waals surface area (Å²) < 4.78 is 26.0. The van der Waals surface area contributed by atoms with Gasteiger partial charge in [0.1, 0.15) is 0 Å². The van der Waals surface area contributed by atoms with Gasteiger partial charge in [0.25, 0.3) is 0 Å². The van der Waals surface area contributed by atoms with Crippen molar-refractivity contribution in [3.8, 4) is 0 Å². The summed E-state index contributed by atoms with van der Waals surface area (Å²) in [6.45, 7) is 3.65. The van der Waals surface area contributed by atoms with Crippen molar-refractivity contribution in [2.75, 3.05) is 18.8 Å². The molecular formula is C11H22N2O2S. The smallest absolute Gasteiger partial charge is 0.214 e. The van der Waals surface area contributed by atoms with E-state index in [0.717, 1.165) is 25.8 Å². The normalized spacial score (nSPS) is 26.5. The second kappa shape index (κ2) is 5.02. The predicted molar refractivity (Wildman–Crippen MR) is 64.8 cm³/mol. The Bertz CT molecular complexity index is 319. The van der Waals surface area contributed by atoms with E-state index in [-0.39, 0.29) is 0 Å². The molecule has 1 unspecified atom stereocenters. The maximum Gasteiger partial charge on any atom is 0.214 e. The minimum absolute atomic E-state index is 0.302. The van der Waals surface area contributed by atoms with Crippen LogP contribution in [0.2, 0.25) is 0 Å². The van der Waals surface area contributed by atoms with Crippen LogP contribution in [0.4, 0.5) is 0 Å². The second-order valence-electron chi connectivity index (χ2n) is 4.91. The summed E-state index contributed by atoms with van der Waals surface area (Å²) in [5.41, 5.74) is 0. The first kappa shape index (κ1) is 12.3. The third kappa shape index (κ3) is 2.96. The summed E-state index contributed by atoms with van der Waals surface area (Å²) >= 11 is 0. The molecule has 1 heterocycles. The van der Waals surface area contributed by atoms with Gasteiger partial charge in [-0.05, 0) is 38.6 Å². The summed E-state index contributed by atoms with van der Waals surface area (Å²) in [4.78, 5) is 0. The number of sulfonamides is 1. The average molecular weight is 246 g/mol. The zero-order valence-electron chi connectivity index (χ0n) is 9.98. The van der Waals surface area contributed by atoms with Crippen molar-refractivity contribution in [1.29, 1.82) is 0 Å². The first-order chi connectivity index (χ1) is 7.63. The topological polar surface area (TPSA) is 49.4 Å². The Labute approximate surface area is 98.4 Å². The van der Waals surface area contributed by atoms with Crippen LogP contribution in [0.5, 0.6) is 0 Å². The van der Waals surface area contributed by atoms with Crippen molar-refractivity contribution in [3.05, 3.63) is 0 Å². The van der Waals surface area contributed by atoms with E-state index in [1.807, 2.05) is 6.92 Å². The molecule has 1 saturated heterocycles. The molecule has 0 spiro atoms. The highest BCUT2D eigenvalue weighted by Crippen LogP contribution is 2.30. The van der Waals surface area contributed by atoms with Crippen LogP contribution in [0.25, 0.3) is 0 Å². The number of nitrogens with one attached hydrogen (secondary N) is 1. The Morgan fingerprint density at radius 2 is 2.06 bits per heavy atom. The lowest BCUT2D eigenvalue weighted by molar-refractivity contribution is 0.362. The minimum Gasteiger partial charge on any atom is -0.313 e. The van der Waals surface area contributed by atoms with Gasteiger partial charge in [0.05, 0.1) is 5.75 Å². The Kier molecular flexibility index (Phi) is 3.87. The zero-order valence-corrected chi connectivity index (χ0v) is 10.8. The van der Waals surface area contributed by atoms with Gasteiger partial charge in [-0.25, -0.2) is 8.42 Å². The molecule has 0 aromatic carbocycles. The molecule has 0 bridgehead atoms. The van der Waals surface area contributed by atoms with E-state index in [4.69, 9.17) is 0 Å². The maximum atomic E-state index is 12.1. The van der Waals surface area contributed by atoms with Crippen LogP contribution < -0.4 is 5.32 Å². The van der Waals surface area contributed by atoms with Gasteiger partial charge < -0.3 is 5.32 Å². The van der Waals surface area contributed by atoms with Crippen LogP contribution in [0, 0.1) is 0 Å². The fourth-order valence-corrected chi connectivity index (χ4v) is 4.18. The highest BCUT2D eigenvalue weighted by atomic mass is 32.2. The molecule has 1 saturated carbocycles. The third-order valence-electron chi connectivity index (χ3n) is 3.34. The van der Waals surface area contributed by atoms with Crippen LogP contribution in [-0.2, 0) is 10.0 Å². The van der Waals surface area contributed by atoms with Crippen molar-refractivity contribution < 1.29 is 8.42 Å². The molecule has 4 nitrogen and oxygen atoms in total. The van der Waals surface area contributed by atoms with Crippen molar-refractivity contribution in [2.45, 2.75) is 51.1 Å². The summed E-state index contributed by atoms with van der Waals surface area (Å²) in [6, 6.07) is 0.686. The lowest BCUT2D eigenvalue weighted by Crippen LogP contribution is -2.43. The van der Waals surface area contributed by atoms with Gasteiger partial charge >= 0.3 is 0 Å². The van der Waals surface area contributed by atoms with Crippen molar-refractivity contribution in [1.82, 2.24) is 9.62 Å². The molecule has 1 aliphatic heterocycles. The van der Waals surface area contributed by atoms with E-state index >= 15 is 0 Å². The summed E-state index contributed by atoms with van der Waals surface area (Å²) in [5, 5.41) is 3.38. The molecule has 2 rings (SSSR count). The SMILES string of the molecule is CCCS(=O)(=O)N(CC1CCCN1)C1CC1. The Morgan fingerprint density at radius 3 is 2.56 bits per heavy atom. The van der Waals surface area contributed by atoms with Gasteiger partial charge in [-0.1, -0.05) is 6.92 Å². The molecule has 1 N–H and O–H groups in total. The number of rotatable bonds is 6. The molecule has 0 amide bonds. The van der Waals surface area contributed by atoms with Gasteiger partial charge in [-0.2, -0.15) is 4.31 Å². The molecule has 2 fully saturated rings. The summed E-state index contributed by atoms with van der Waals surface area (Å²) in [6.07, 6.45) is 5.11. The number of hydrogen-bond acceptors (Lipinski definition) is 3. The number of hydrogen-bond donors (Lipinski definition) is 1. The predicted octanol–water partition coefficient (Wildman–Crippen LogP) is 0.943. The van der Waals surface area contributed by atoms with Crippen LogP contribution in [-0.4, -0.2) is 43.6 Å². The lowest BCUT2D eigenvalue weighted by Gasteiger charge is -2.24. The largest absolute Gasteiger partial charge is 0.313 e. The molecule has 0 aromatic rings. The van der Waals surface area contributed by atoms with Crippen molar-refractivity contribution in [2.24, 2.45) is 0 Å². The third-order valence-corrected chi connectivity index (χ3v) is 5.42. The van der Waals surface area contributed by atoms with Gasteiger partial charge in [-0.3, -0.25) is 0 Å². The highest BCUT2D eigenvalue weighted by molar-refractivity contribution is 7.89. The summed E-state index contributed by atoms with van der Waals surface area (Å²) in [7, 11) is -3.00. The Balaban J connectivity index is 1.98. The molecule has 5 heteroatoms. The fraction of sp³-hybridized carbons (Fsp3) is 1.00. The standard InChI is InChI=1S/C11H22N2O2S/c1-2-8-16(14,15)13(11-5-6-11)9-10-4-3-7-12-10/h10-12H,2-9H2,1H3. The maximum absolute atomic E-state index is 12.1. The van der Waals surface area contributed by atoms with Gasteiger partial charge in [0.2, 0.25) is 10.0 Å². The summed E-state index contributed by atoms with van der Waals surface area (Å²) in [5.74, 6) is 0.302. The van der Waals surface area contributed by atoms with E-state index in [1.165, 1.54) is 6.42 Å². The average Bonchev–Trinajstić information content (AvgIpc) is 2.92. The van der Waals surface area contributed by atoms with Crippen molar-refractivity contribution in [3.63, 3.8) is 0 Å². The van der Waals surface area contributed by atoms with Gasteiger partial charge in [-0.15, -0.1) is 0 Å². The van der Waals surface area contributed by atoms with Crippen molar-refractivity contribution >= 4 is 10.0 Å². The first-order valence-corrected chi connectivity index (χ1v) is 7.97. The lowest BCUT2D eigenvalue weighted by atomic mass is 10.2.